The van der Waals surface area contributed by atoms with Gasteiger partial charge in [-0.05, 0) is 43.7 Å². The molecule has 0 saturated heterocycles. The fraction of sp³-hybridized carbons (Fsp3) is 0.333. The maximum absolute atomic E-state index is 12.6. The molecule has 1 heterocycles. The first-order chi connectivity index (χ1) is 13.0. The van der Waals surface area contributed by atoms with Crippen molar-refractivity contribution in [3.63, 3.8) is 0 Å². The van der Waals surface area contributed by atoms with Gasteiger partial charge in [-0.25, -0.2) is 0 Å². The molecular weight excluding hydrogens is 355 g/mol. The van der Waals surface area contributed by atoms with Crippen molar-refractivity contribution < 1.29 is 22.6 Å². The number of rotatable bonds is 3. The summed E-state index contributed by atoms with van der Waals surface area (Å²) in [6, 6.07) is 10.5. The van der Waals surface area contributed by atoms with Crippen molar-refractivity contribution in [2.75, 3.05) is 19.0 Å². The average molecular weight is 381 g/mol. The number of benzene rings is 2. The highest BCUT2D eigenvalue weighted by molar-refractivity contribution is 5.75. The summed E-state index contributed by atoms with van der Waals surface area (Å²) < 4.78 is 48.1. The Balaban J connectivity index is 0.000000346. The lowest BCUT2D eigenvalue weighted by Crippen LogP contribution is -2.08. The van der Waals surface area contributed by atoms with Crippen molar-refractivity contribution in [1.29, 1.82) is 0 Å². The number of anilines is 2. The number of allylic oxidation sites excluding steroid dienone is 1. The molecular formula is C21H26F3NO2. The topological polar surface area (TPSA) is 30.5 Å². The molecule has 148 valence electrons. The van der Waals surface area contributed by atoms with Crippen molar-refractivity contribution in [3.05, 3.63) is 60.2 Å². The van der Waals surface area contributed by atoms with E-state index in [0.29, 0.717) is 22.9 Å². The van der Waals surface area contributed by atoms with Crippen LogP contribution in [0.3, 0.4) is 0 Å². The molecule has 0 aliphatic carbocycles. The van der Waals surface area contributed by atoms with E-state index >= 15 is 0 Å². The van der Waals surface area contributed by atoms with Gasteiger partial charge < -0.3 is 14.8 Å². The minimum absolute atomic E-state index is 0.323. The van der Waals surface area contributed by atoms with E-state index in [1.165, 1.54) is 6.07 Å². The summed E-state index contributed by atoms with van der Waals surface area (Å²) in [6.07, 6.45) is 0.795. The van der Waals surface area contributed by atoms with Gasteiger partial charge in [-0.1, -0.05) is 38.1 Å². The van der Waals surface area contributed by atoms with Crippen molar-refractivity contribution >= 4 is 11.4 Å². The Morgan fingerprint density at radius 3 is 2.33 bits per heavy atom. The van der Waals surface area contributed by atoms with Crippen LogP contribution in [0.4, 0.5) is 24.5 Å². The highest BCUT2D eigenvalue weighted by Crippen LogP contribution is 2.43. The van der Waals surface area contributed by atoms with Gasteiger partial charge >= 0.3 is 6.18 Å². The van der Waals surface area contributed by atoms with Crippen molar-refractivity contribution in [3.8, 4) is 11.5 Å². The van der Waals surface area contributed by atoms with Crippen molar-refractivity contribution in [2.24, 2.45) is 0 Å². The summed E-state index contributed by atoms with van der Waals surface area (Å²) >= 11 is 0. The molecule has 27 heavy (non-hydrogen) atoms. The predicted molar refractivity (Wildman–Crippen MR) is 104 cm³/mol. The molecule has 0 unspecified atom stereocenters. The summed E-state index contributed by atoms with van der Waals surface area (Å²) in [5.74, 6) is 0.992. The van der Waals surface area contributed by atoms with Gasteiger partial charge in [0.1, 0.15) is 0 Å². The van der Waals surface area contributed by atoms with Crippen LogP contribution in [-0.2, 0) is 10.9 Å². The second-order valence-electron chi connectivity index (χ2n) is 5.28. The first-order valence-electron chi connectivity index (χ1n) is 8.81. The highest BCUT2D eigenvalue weighted by Gasteiger charge is 2.32. The van der Waals surface area contributed by atoms with Crippen LogP contribution in [0.25, 0.3) is 0 Å². The molecule has 0 spiro atoms. The highest BCUT2D eigenvalue weighted by atomic mass is 19.4. The van der Waals surface area contributed by atoms with Crippen LogP contribution in [0.2, 0.25) is 0 Å². The van der Waals surface area contributed by atoms with Crippen LogP contribution in [0.15, 0.2) is 54.6 Å². The first-order valence-corrected chi connectivity index (χ1v) is 8.81. The number of ether oxygens (including phenoxy) is 2. The van der Waals surface area contributed by atoms with E-state index in [1.807, 2.05) is 26.8 Å². The maximum Gasteiger partial charge on any atom is 0.416 e. The van der Waals surface area contributed by atoms with E-state index in [0.717, 1.165) is 25.2 Å². The predicted octanol–water partition coefficient (Wildman–Crippen LogP) is 7.18. The van der Waals surface area contributed by atoms with E-state index in [2.05, 4.69) is 11.4 Å². The molecule has 1 aliphatic rings. The number of fused-ring (bicyclic) bond motifs is 2. The summed E-state index contributed by atoms with van der Waals surface area (Å²) in [5.41, 5.74) is 0.282. The zero-order chi connectivity index (χ0) is 20.3. The van der Waals surface area contributed by atoms with Gasteiger partial charge in [-0.2, -0.15) is 13.2 Å². The lowest BCUT2D eigenvalue weighted by molar-refractivity contribution is -0.137. The summed E-state index contributed by atoms with van der Waals surface area (Å²) in [7, 11) is 1.71. The Labute approximate surface area is 158 Å². The molecule has 0 atom stereocenters. The molecule has 3 nitrogen and oxygen atoms in total. The summed E-state index contributed by atoms with van der Waals surface area (Å²) in [5, 5.41) is 2.93. The monoisotopic (exact) mass is 381 g/mol. The summed E-state index contributed by atoms with van der Waals surface area (Å²) in [6.45, 7) is 6.85. The molecule has 6 heteroatoms. The van der Waals surface area contributed by atoms with Gasteiger partial charge in [0.25, 0.3) is 0 Å². The maximum atomic E-state index is 12.6. The van der Waals surface area contributed by atoms with E-state index in [4.69, 9.17) is 9.47 Å². The second-order valence-corrected chi connectivity index (χ2v) is 5.28. The number of methoxy groups -OCH3 is 1. The number of alkyl halides is 3. The summed E-state index contributed by atoms with van der Waals surface area (Å²) in [4.78, 5) is 0. The number of hydrogen-bond acceptors (Lipinski definition) is 3. The van der Waals surface area contributed by atoms with Crippen LogP contribution < -0.4 is 10.1 Å². The van der Waals surface area contributed by atoms with Crippen molar-refractivity contribution in [1.82, 2.24) is 0 Å². The van der Waals surface area contributed by atoms with Gasteiger partial charge in [-0.15, -0.1) is 0 Å². The molecule has 1 N–H and O–H groups in total. The van der Waals surface area contributed by atoms with E-state index in [1.54, 1.807) is 31.4 Å². The third-order valence-corrected chi connectivity index (χ3v) is 3.41. The Morgan fingerprint density at radius 2 is 1.70 bits per heavy atom. The lowest BCUT2D eigenvalue weighted by atomic mass is 10.1. The van der Waals surface area contributed by atoms with Crippen molar-refractivity contribution in [2.45, 2.75) is 33.4 Å². The van der Waals surface area contributed by atoms with Crippen LogP contribution in [0.5, 0.6) is 11.5 Å². The standard InChI is InChI=1S/C13H8F3NO.C6H12O.C2H6/c14-13(15,16)8-5-6-12-10(7-8)17-9-3-1-2-4-11(9)18-12;1-3-4-5-6-7-2;1-2/h1-7,17H;3-4H,5-6H2,1-2H3;1-2H3/b;4-3-;. The number of hydrogen-bond donors (Lipinski definition) is 1. The van der Waals surface area contributed by atoms with Gasteiger partial charge in [0.05, 0.1) is 16.9 Å². The van der Waals surface area contributed by atoms with Gasteiger partial charge in [0, 0.05) is 13.7 Å². The quantitative estimate of drug-likeness (QED) is 0.385. The molecule has 0 amide bonds. The largest absolute Gasteiger partial charge is 0.453 e. The molecule has 0 bridgehead atoms. The molecule has 3 rings (SSSR count). The molecule has 0 aromatic heterocycles. The molecule has 0 saturated carbocycles. The minimum atomic E-state index is -4.35. The first kappa shape index (κ1) is 22.6. The molecule has 0 radical (unpaired) electrons. The van der Waals surface area contributed by atoms with Crippen LogP contribution in [0, 0.1) is 0 Å². The lowest BCUT2D eigenvalue weighted by Gasteiger charge is -2.22. The zero-order valence-corrected chi connectivity index (χ0v) is 16.1. The van der Waals surface area contributed by atoms with Crippen LogP contribution >= 0.6 is 0 Å². The number of para-hydroxylation sites is 2. The fourth-order valence-electron chi connectivity index (χ4n) is 2.17. The third kappa shape index (κ3) is 6.98. The average Bonchev–Trinajstić information content (AvgIpc) is 2.67. The Kier molecular flexibility index (Phi) is 9.44. The Bertz CT molecular complexity index is 728. The van der Waals surface area contributed by atoms with Gasteiger partial charge in [0.15, 0.2) is 11.5 Å². The molecule has 2 aromatic carbocycles. The number of nitrogens with one attached hydrogen (secondary N) is 1. The van der Waals surface area contributed by atoms with Gasteiger partial charge in [0.2, 0.25) is 0 Å². The molecule has 2 aromatic rings. The molecule has 1 aliphatic heterocycles. The minimum Gasteiger partial charge on any atom is -0.453 e. The van der Waals surface area contributed by atoms with E-state index < -0.39 is 11.7 Å². The number of halogens is 3. The smallest absolute Gasteiger partial charge is 0.416 e. The zero-order valence-electron chi connectivity index (χ0n) is 16.1. The van der Waals surface area contributed by atoms with Crippen LogP contribution in [-0.4, -0.2) is 13.7 Å². The second kappa shape index (κ2) is 11.3. The van der Waals surface area contributed by atoms with E-state index in [-0.39, 0.29) is 0 Å². The third-order valence-electron chi connectivity index (χ3n) is 3.41. The van der Waals surface area contributed by atoms with Gasteiger partial charge in [-0.3, -0.25) is 0 Å². The Morgan fingerprint density at radius 1 is 1.04 bits per heavy atom. The van der Waals surface area contributed by atoms with Crippen LogP contribution in [0.1, 0.15) is 32.8 Å². The fourth-order valence-corrected chi connectivity index (χ4v) is 2.17. The molecule has 0 fully saturated rings. The SMILES string of the molecule is C/C=C\CCOC.CC.FC(F)(F)c1ccc2c(c1)Nc1ccccc1O2. The van der Waals surface area contributed by atoms with E-state index in [9.17, 15) is 13.2 Å². The normalized spacial score (nSPS) is 11.7. The Hall–Kier alpha value is -2.47.